The molecular weight excluding hydrogens is 255 g/mol. The Bertz CT molecular complexity index is 655. The minimum atomic E-state index is -0.343. The Morgan fingerprint density at radius 1 is 1.30 bits per heavy atom. The molecule has 20 heavy (non-hydrogen) atoms. The van der Waals surface area contributed by atoms with Gasteiger partial charge in [-0.25, -0.2) is 4.39 Å². The lowest BCUT2D eigenvalue weighted by atomic mass is 9.92. The van der Waals surface area contributed by atoms with Crippen LogP contribution in [0.3, 0.4) is 0 Å². The standard InChI is InChI=1S/C16H19FN2O/c1-3-20-15-8-11-14(9-12(15)17)19-13-7-5-4-6-10(13)16(11)18-2/h8-9H,3-7H2,1-2H3,(H,18,19). The van der Waals surface area contributed by atoms with E-state index >= 15 is 0 Å². The fraction of sp³-hybridized carbons (Fsp3) is 0.438. The molecule has 1 aromatic heterocycles. The average Bonchev–Trinajstić information content (AvgIpc) is 2.46. The first-order valence-corrected chi connectivity index (χ1v) is 7.20. The predicted molar refractivity (Wildman–Crippen MR) is 79.1 cm³/mol. The monoisotopic (exact) mass is 274 g/mol. The highest BCUT2D eigenvalue weighted by Crippen LogP contribution is 2.35. The number of benzene rings is 1. The van der Waals surface area contributed by atoms with Gasteiger partial charge in [-0.1, -0.05) is 0 Å². The summed E-state index contributed by atoms with van der Waals surface area (Å²) in [6, 6.07) is 3.25. The van der Waals surface area contributed by atoms with Crippen molar-refractivity contribution in [2.45, 2.75) is 32.6 Å². The van der Waals surface area contributed by atoms with E-state index in [0.717, 1.165) is 36.0 Å². The molecule has 0 radical (unpaired) electrons. The van der Waals surface area contributed by atoms with Crippen molar-refractivity contribution in [2.75, 3.05) is 19.0 Å². The summed E-state index contributed by atoms with van der Waals surface area (Å²) in [6.45, 7) is 2.31. The Balaban J connectivity index is 2.27. The van der Waals surface area contributed by atoms with Crippen LogP contribution >= 0.6 is 0 Å². The first-order chi connectivity index (χ1) is 9.74. The molecular formula is C16H19FN2O. The van der Waals surface area contributed by atoms with E-state index < -0.39 is 0 Å². The van der Waals surface area contributed by atoms with E-state index in [4.69, 9.17) is 4.74 Å². The minimum absolute atomic E-state index is 0.300. The van der Waals surface area contributed by atoms with Crippen molar-refractivity contribution in [2.24, 2.45) is 0 Å². The fourth-order valence-electron chi connectivity index (χ4n) is 2.98. The largest absolute Gasteiger partial charge is 0.491 e. The number of rotatable bonds is 3. The molecule has 2 aromatic rings. The summed E-state index contributed by atoms with van der Waals surface area (Å²) in [5, 5.41) is 4.21. The summed E-state index contributed by atoms with van der Waals surface area (Å²) >= 11 is 0. The molecule has 0 saturated carbocycles. The number of hydrogen-bond acceptors (Lipinski definition) is 3. The van der Waals surface area contributed by atoms with Crippen molar-refractivity contribution in [3.63, 3.8) is 0 Å². The third-order valence-electron chi connectivity index (χ3n) is 3.87. The molecule has 3 rings (SSSR count). The second kappa shape index (κ2) is 5.27. The van der Waals surface area contributed by atoms with Gasteiger partial charge in [0.15, 0.2) is 11.6 Å². The molecule has 1 aliphatic carbocycles. The molecule has 106 valence electrons. The molecule has 4 heteroatoms. The first kappa shape index (κ1) is 13.2. The van der Waals surface area contributed by atoms with E-state index in [9.17, 15) is 4.39 Å². The van der Waals surface area contributed by atoms with E-state index in [0.29, 0.717) is 17.9 Å². The number of nitrogens with zero attached hydrogens (tertiary/aromatic N) is 1. The Morgan fingerprint density at radius 3 is 2.85 bits per heavy atom. The molecule has 0 spiro atoms. The number of hydrogen-bond donors (Lipinski definition) is 1. The summed E-state index contributed by atoms with van der Waals surface area (Å²) < 4.78 is 19.3. The molecule has 3 nitrogen and oxygen atoms in total. The highest BCUT2D eigenvalue weighted by Gasteiger charge is 2.19. The SMILES string of the molecule is CCOc1cc2c(NC)c3c(nc2cc1F)CCCC3. The fourth-order valence-corrected chi connectivity index (χ4v) is 2.98. The van der Waals surface area contributed by atoms with Gasteiger partial charge in [0.05, 0.1) is 12.1 Å². The zero-order valence-corrected chi connectivity index (χ0v) is 11.9. The number of aryl methyl sites for hydroxylation is 1. The molecule has 1 heterocycles. The van der Waals surface area contributed by atoms with Crippen molar-refractivity contribution >= 4 is 16.6 Å². The smallest absolute Gasteiger partial charge is 0.167 e. The molecule has 1 N–H and O–H groups in total. The predicted octanol–water partition coefficient (Wildman–Crippen LogP) is 3.69. The normalized spacial score (nSPS) is 14.2. The van der Waals surface area contributed by atoms with Crippen LogP contribution in [0.25, 0.3) is 10.9 Å². The van der Waals surface area contributed by atoms with Crippen molar-refractivity contribution in [1.82, 2.24) is 4.98 Å². The zero-order valence-electron chi connectivity index (χ0n) is 11.9. The number of pyridine rings is 1. The summed E-state index contributed by atoms with van der Waals surface area (Å²) in [6.07, 6.45) is 4.37. The lowest BCUT2D eigenvalue weighted by molar-refractivity contribution is 0.322. The zero-order chi connectivity index (χ0) is 14.1. The Morgan fingerprint density at radius 2 is 2.10 bits per heavy atom. The van der Waals surface area contributed by atoms with Gasteiger partial charge in [-0.15, -0.1) is 0 Å². The third-order valence-corrected chi connectivity index (χ3v) is 3.87. The summed E-state index contributed by atoms with van der Waals surface area (Å²) in [4.78, 5) is 4.65. The highest BCUT2D eigenvalue weighted by molar-refractivity contribution is 5.94. The lowest BCUT2D eigenvalue weighted by Crippen LogP contribution is -2.10. The van der Waals surface area contributed by atoms with Gasteiger partial charge in [0, 0.05) is 29.9 Å². The highest BCUT2D eigenvalue weighted by atomic mass is 19.1. The van der Waals surface area contributed by atoms with E-state index in [-0.39, 0.29) is 5.82 Å². The van der Waals surface area contributed by atoms with Gasteiger partial charge in [0.25, 0.3) is 0 Å². The van der Waals surface area contributed by atoms with Gasteiger partial charge in [-0.2, -0.15) is 0 Å². The Labute approximate surface area is 118 Å². The lowest BCUT2D eigenvalue weighted by Gasteiger charge is -2.21. The number of halogens is 1. The maximum atomic E-state index is 14.0. The third kappa shape index (κ3) is 2.09. The first-order valence-electron chi connectivity index (χ1n) is 7.20. The topological polar surface area (TPSA) is 34.1 Å². The molecule has 0 atom stereocenters. The van der Waals surface area contributed by atoms with Crippen LogP contribution in [-0.2, 0) is 12.8 Å². The van der Waals surface area contributed by atoms with Crippen LogP contribution in [0.5, 0.6) is 5.75 Å². The number of ether oxygens (including phenoxy) is 1. The Hall–Kier alpha value is -1.84. The number of anilines is 1. The van der Waals surface area contributed by atoms with Crippen LogP contribution in [0.4, 0.5) is 10.1 Å². The molecule has 0 unspecified atom stereocenters. The summed E-state index contributed by atoms with van der Waals surface area (Å²) in [5.74, 6) is -0.0429. The van der Waals surface area contributed by atoms with Crippen molar-refractivity contribution < 1.29 is 9.13 Å². The quantitative estimate of drug-likeness (QED) is 0.926. The second-order valence-electron chi connectivity index (χ2n) is 5.10. The van der Waals surface area contributed by atoms with Crippen molar-refractivity contribution in [3.8, 4) is 5.75 Å². The minimum Gasteiger partial charge on any atom is -0.491 e. The molecule has 0 aliphatic heterocycles. The molecule has 0 fully saturated rings. The van der Waals surface area contributed by atoms with E-state index in [1.165, 1.54) is 18.1 Å². The maximum absolute atomic E-state index is 14.0. The van der Waals surface area contributed by atoms with Gasteiger partial charge >= 0.3 is 0 Å². The van der Waals surface area contributed by atoms with E-state index in [2.05, 4.69) is 10.3 Å². The van der Waals surface area contributed by atoms with Crippen molar-refractivity contribution in [3.05, 3.63) is 29.2 Å². The molecule has 1 aliphatic rings. The van der Waals surface area contributed by atoms with Gasteiger partial charge < -0.3 is 10.1 Å². The van der Waals surface area contributed by atoms with E-state index in [1.807, 2.05) is 14.0 Å². The van der Waals surface area contributed by atoms with Crippen LogP contribution in [-0.4, -0.2) is 18.6 Å². The average molecular weight is 274 g/mol. The summed E-state index contributed by atoms with van der Waals surface area (Å²) in [7, 11) is 1.91. The van der Waals surface area contributed by atoms with E-state index in [1.54, 1.807) is 6.07 Å². The van der Waals surface area contributed by atoms with Gasteiger partial charge in [0.1, 0.15) is 0 Å². The Kier molecular flexibility index (Phi) is 3.47. The molecule has 0 amide bonds. The number of fused-ring (bicyclic) bond motifs is 2. The van der Waals surface area contributed by atoms with Gasteiger partial charge in [-0.3, -0.25) is 4.98 Å². The van der Waals surface area contributed by atoms with Crippen LogP contribution in [0, 0.1) is 5.82 Å². The van der Waals surface area contributed by atoms with Crippen LogP contribution < -0.4 is 10.1 Å². The summed E-state index contributed by atoms with van der Waals surface area (Å²) in [5.41, 5.74) is 4.17. The van der Waals surface area contributed by atoms with Gasteiger partial charge in [0.2, 0.25) is 0 Å². The number of aromatic nitrogens is 1. The molecule has 1 aromatic carbocycles. The van der Waals surface area contributed by atoms with Crippen LogP contribution in [0.1, 0.15) is 31.0 Å². The van der Waals surface area contributed by atoms with Crippen molar-refractivity contribution in [1.29, 1.82) is 0 Å². The maximum Gasteiger partial charge on any atom is 0.167 e. The van der Waals surface area contributed by atoms with Crippen LogP contribution in [0.2, 0.25) is 0 Å². The molecule has 0 bridgehead atoms. The second-order valence-corrected chi connectivity index (χ2v) is 5.10. The molecule has 0 saturated heterocycles. The number of nitrogens with one attached hydrogen (secondary N) is 1. The van der Waals surface area contributed by atoms with Crippen LogP contribution in [0.15, 0.2) is 12.1 Å². The van der Waals surface area contributed by atoms with Gasteiger partial charge in [-0.05, 0) is 44.2 Å².